The third kappa shape index (κ3) is 3.30. The van der Waals surface area contributed by atoms with Crippen molar-refractivity contribution in [2.45, 2.75) is 57.8 Å². The van der Waals surface area contributed by atoms with E-state index >= 15 is 0 Å². The molecule has 1 aliphatic heterocycles. The molecule has 0 aromatic rings. The second kappa shape index (κ2) is 5.60. The van der Waals surface area contributed by atoms with Gasteiger partial charge < -0.3 is 18.3 Å². The predicted molar refractivity (Wildman–Crippen MR) is 62.0 cm³/mol. The fraction of sp³-hybridized carbons (Fsp3) is 1.00. The largest absolute Gasteiger partial charge is 0.350 e. The van der Waals surface area contributed by atoms with Gasteiger partial charge in [-0.25, -0.2) is 0 Å². The molecule has 0 amide bonds. The Balaban J connectivity index is 2.47. The minimum Gasteiger partial charge on any atom is -0.350 e. The van der Waals surface area contributed by atoms with E-state index in [9.17, 15) is 0 Å². The maximum Gasteiger partial charge on any atom is 0.159 e. The molecule has 0 saturated carbocycles. The molecule has 0 bridgehead atoms. The quantitative estimate of drug-likeness (QED) is 0.804. The van der Waals surface area contributed by atoms with Gasteiger partial charge in [0, 0.05) is 12.5 Å². The molecule has 4 unspecified atom stereocenters. The molecule has 0 radical (unpaired) electrons. The summed E-state index contributed by atoms with van der Waals surface area (Å²) in [7, 11) is 0. The Morgan fingerprint density at radius 2 is 2.14 bits per heavy atom. The molecule has 84 valence electrons. The van der Waals surface area contributed by atoms with Crippen molar-refractivity contribution in [2.75, 3.05) is 0 Å². The summed E-state index contributed by atoms with van der Waals surface area (Å²) in [5.74, 6) is 0. The number of rotatable bonds is 3. The summed E-state index contributed by atoms with van der Waals surface area (Å²) in [4.78, 5) is 0. The first-order valence-corrected chi connectivity index (χ1v) is 5.76. The molecule has 0 spiro atoms. The van der Waals surface area contributed by atoms with Gasteiger partial charge in [0.15, 0.2) is 6.29 Å². The average molecular weight is 315 g/mol. The van der Waals surface area contributed by atoms with E-state index in [1.807, 2.05) is 43.8 Å². The van der Waals surface area contributed by atoms with Crippen LogP contribution in [0.2, 0.25) is 0 Å². The highest BCUT2D eigenvalue weighted by atomic mass is 127. The zero-order valence-electron chi connectivity index (χ0n) is 8.77. The first kappa shape index (κ1) is 12.6. The summed E-state index contributed by atoms with van der Waals surface area (Å²) < 4.78 is 16.4. The summed E-state index contributed by atoms with van der Waals surface area (Å²) in [6, 6.07) is -0.0144. The van der Waals surface area contributed by atoms with Crippen molar-refractivity contribution in [1.29, 1.82) is 0 Å². The molecule has 4 atom stereocenters. The van der Waals surface area contributed by atoms with Gasteiger partial charge in [0.2, 0.25) is 0 Å². The maximum atomic E-state index is 5.96. The van der Waals surface area contributed by atoms with Gasteiger partial charge in [-0.1, -0.05) is 0 Å². The lowest BCUT2D eigenvalue weighted by Gasteiger charge is -2.37. The standard InChI is InChI=1S/C9H18INO3/c1-5(2)12-8-4-7(11)9(14-10)6(3)13-8/h5-9H,4,11H2,1-3H3. The van der Waals surface area contributed by atoms with Gasteiger partial charge in [0.05, 0.1) is 12.2 Å². The van der Waals surface area contributed by atoms with Crippen LogP contribution in [0.4, 0.5) is 0 Å². The molecule has 1 saturated heterocycles. The zero-order valence-corrected chi connectivity index (χ0v) is 10.9. The van der Waals surface area contributed by atoms with Gasteiger partial charge in [-0.3, -0.25) is 0 Å². The highest BCUT2D eigenvalue weighted by molar-refractivity contribution is 14.1. The van der Waals surface area contributed by atoms with Gasteiger partial charge in [0.25, 0.3) is 0 Å². The van der Waals surface area contributed by atoms with Gasteiger partial charge >= 0.3 is 0 Å². The molecule has 1 aliphatic rings. The Bertz CT molecular complexity index is 167. The van der Waals surface area contributed by atoms with Crippen molar-refractivity contribution in [3.8, 4) is 0 Å². The predicted octanol–water partition coefficient (Wildman–Crippen LogP) is 1.61. The zero-order chi connectivity index (χ0) is 10.7. The second-order valence-corrected chi connectivity index (χ2v) is 4.42. The summed E-state index contributed by atoms with van der Waals surface area (Å²) >= 11 is 1.87. The van der Waals surface area contributed by atoms with E-state index in [1.165, 1.54) is 0 Å². The van der Waals surface area contributed by atoms with Gasteiger partial charge in [-0.05, 0) is 20.8 Å². The fourth-order valence-electron chi connectivity index (χ4n) is 1.61. The smallest absolute Gasteiger partial charge is 0.159 e. The minimum atomic E-state index is -0.192. The van der Waals surface area contributed by atoms with Crippen LogP contribution in [0.1, 0.15) is 27.2 Å². The number of ether oxygens (including phenoxy) is 2. The topological polar surface area (TPSA) is 53.7 Å². The van der Waals surface area contributed by atoms with Crippen LogP contribution in [0.25, 0.3) is 0 Å². The Hall–Kier alpha value is 0.570. The molecule has 1 heterocycles. The van der Waals surface area contributed by atoms with Gasteiger partial charge in [-0.15, -0.1) is 0 Å². The lowest BCUT2D eigenvalue weighted by Crippen LogP contribution is -2.52. The molecular weight excluding hydrogens is 297 g/mol. The number of nitrogens with two attached hydrogens (primary N) is 1. The summed E-state index contributed by atoms with van der Waals surface area (Å²) in [6.07, 6.45) is 0.609. The normalized spacial score (nSPS) is 39.0. The molecule has 14 heavy (non-hydrogen) atoms. The van der Waals surface area contributed by atoms with Crippen LogP contribution < -0.4 is 5.73 Å². The Morgan fingerprint density at radius 3 is 2.57 bits per heavy atom. The highest BCUT2D eigenvalue weighted by Crippen LogP contribution is 2.24. The maximum absolute atomic E-state index is 5.96. The SMILES string of the molecule is CC(C)OC1CC(N)C(OI)C(C)O1. The monoisotopic (exact) mass is 315 g/mol. The van der Waals surface area contributed by atoms with Crippen molar-refractivity contribution in [2.24, 2.45) is 5.73 Å². The molecule has 1 fully saturated rings. The van der Waals surface area contributed by atoms with Gasteiger partial charge in [0.1, 0.15) is 29.1 Å². The van der Waals surface area contributed by atoms with E-state index in [0.29, 0.717) is 6.42 Å². The average Bonchev–Trinajstić information content (AvgIpc) is 2.01. The van der Waals surface area contributed by atoms with Gasteiger partial charge in [-0.2, -0.15) is 0 Å². The second-order valence-electron chi connectivity index (χ2n) is 3.91. The van der Waals surface area contributed by atoms with Crippen LogP contribution in [0.5, 0.6) is 0 Å². The van der Waals surface area contributed by atoms with Crippen LogP contribution in [-0.2, 0) is 12.5 Å². The molecule has 2 N–H and O–H groups in total. The third-order valence-corrected chi connectivity index (χ3v) is 2.83. The van der Waals surface area contributed by atoms with E-state index < -0.39 is 0 Å². The molecule has 4 nitrogen and oxygen atoms in total. The first-order chi connectivity index (χ1) is 6.54. The van der Waals surface area contributed by atoms with E-state index in [4.69, 9.17) is 18.3 Å². The Labute approximate surface area is 99.1 Å². The first-order valence-electron chi connectivity index (χ1n) is 4.88. The van der Waals surface area contributed by atoms with Crippen molar-refractivity contribution >= 4 is 23.0 Å². The van der Waals surface area contributed by atoms with E-state index in [1.54, 1.807) is 0 Å². The molecular formula is C9H18INO3. The fourth-order valence-corrected chi connectivity index (χ4v) is 2.40. The summed E-state index contributed by atoms with van der Waals surface area (Å²) in [6.45, 7) is 5.93. The van der Waals surface area contributed by atoms with E-state index in [-0.39, 0.29) is 30.6 Å². The molecule has 0 aromatic carbocycles. The summed E-state index contributed by atoms with van der Waals surface area (Å²) in [5.41, 5.74) is 5.96. The van der Waals surface area contributed by atoms with Crippen LogP contribution in [-0.4, -0.2) is 30.6 Å². The van der Waals surface area contributed by atoms with Crippen molar-refractivity contribution in [3.63, 3.8) is 0 Å². The molecule has 5 heteroatoms. The lowest BCUT2D eigenvalue weighted by atomic mass is 10.0. The number of hydrogen-bond donors (Lipinski definition) is 1. The van der Waals surface area contributed by atoms with Crippen LogP contribution in [0.3, 0.4) is 0 Å². The van der Waals surface area contributed by atoms with Crippen LogP contribution in [0, 0.1) is 0 Å². The van der Waals surface area contributed by atoms with Crippen LogP contribution >= 0.6 is 23.0 Å². The highest BCUT2D eigenvalue weighted by Gasteiger charge is 2.35. The Kier molecular flexibility index (Phi) is 5.05. The molecule has 1 rings (SSSR count). The molecule has 0 aliphatic carbocycles. The van der Waals surface area contributed by atoms with Crippen molar-refractivity contribution < 1.29 is 12.5 Å². The van der Waals surface area contributed by atoms with E-state index in [0.717, 1.165) is 0 Å². The molecule has 0 aromatic heterocycles. The minimum absolute atomic E-state index is 0.0144. The Morgan fingerprint density at radius 1 is 1.50 bits per heavy atom. The number of halogens is 1. The van der Waals surface area contributed by atoms with Crippen LogP contribution in [0.15, 0.2) is 0 Å². The van der Waals surface area contributed by atoms with Crippen molar-refractivity contribution in [1.82, 2.24) is 0 Å². The lowest BCUT2D eigenvalue weighted by molar-refractivity contribution is -0.227. The van der Waals surface area contributed by atoms with Crippen molar-refractivity contribution in [3.05, 3.63) is 0 Å². The number of hydrogen-bond acceptors (Lipinski definition) is 4. The summed E-state index contributed by atoms with van der Waals surface area (Å²) in [5, 5.41) is 0. The van der Waals surface area contributed by atoms with E-state index in [2.05, 4.69) is 0 Å². The third-order valence-electron chi connectivity index (χ3n) is 2.24.